The summed E-state index contributed by atoms with van der Waals surface area (Å²) in [5.41, 5.74) is 1.58. The zero-order chi connectivity index (χ0) is 17.2. The minimum atomic E-state index is -0.135. The van der Waals surface area contributed by atoms with Crippen molar-refractivity contribution in [1.82, 2.24) is 19.9 Å². The van der Waals surface area contributed by atoms with Crippen molar-refractivity contribution in [3.8, 4) is 5.69 Å². The lowest BCUT2D eigenvalue weighted by molar-refractivity contribution is -0.135. The van der Waals surface area contributed by atoms with Crippen molar-refractivity contribution in [2.45, 2.75) is 25.7 Å². The molecule has 1 aromatic carbocycles. The molecule has 7 nitrogen and oxygen atoms in total. The van der Waals surface area contributed by atoms with Gasteiger partial charge in [-0.05, 0) is 49.9 Å². The number of piperidine rings is 1. The van der Waals surface area contributed by atoms with E-state index in [2.05, 4.69) is 15.5 Å². The molecule has 2 aromatic rings. The van der Waals surface area contributed by atoms with E-state index in [4.69, 9.17) is 0 Å². The molecule has 130 valence electrons. The van der Waals surface area contributed by atoms with Gasteiger partial charge in [0.15, 0.2) is 0 Å². The number of benzene rings is 1. The summed E-state index contributed by atoms with van der Waals surface area (Å²) in [6.45, 7) is 1.32. The fraction of sp³-hybridized carbons (Fsp3) is 0.444. The van der Waals surface area contributed by atoms with Crippen LogP contribution in [0.25, 0.3) is 5.69 Å². The molecule has 1 saturated carbocycles. The number of nitrogens with one attached hydrogen (secondary N) is 1. The van der Waals surface area contributed by atoms with E-state index >= 15 is 0 Å². The van der Waals surface area contributed by atoms with Gasteiger partial charge in [-0.3, -0.25) is 9.59 Å². The first-order valence-corrected chi connectivity index (χ1v) is 8.77. The summed E-state index contributed by atoms with van der Waals surface area (Å²) in [7, 11) is 0. The molecule has 7 heteroatoms. The Balaban J connectivity index is 1.37. The summed E-state index contributed by atoms with van der Waals surface area (Å²) < 4.78 is 0. The number of likely N-dealkylation sites (tertiary alicyclic amines) is 1. The van der Waals surface area contributed by atoms with Gasteiger partial charge >= 0.3 is 0 Å². The Morgan fingerprint density at radius 1 is 1.00 bits per heavy atom. The number of rotatable bonds is 4. The van der Waals surface area contributed by atoms with Crippen molar-refractivity contribution >= 4 is 17.5 Å². The number of amides is 2. The second kappa shape index (κ2) is 6.66. The maximum Gasteiger partial charge on any atom is 0.229 e. The van der Waals surface area contributed by atoms with Crippen LogP contribution in [0.4, 0.5) is 5.69 Å². The molecule has 2 amide bonds. The van der Waals surface area contributed by atoms with Crippen molar-refractivity contribution in [3.05, 3.63) is 36.7 Å². The van der Waals surface area contributed by atoms with E-state index in [1.165, 1.54) is 4.80 Å². The minimum Gasteiger partial charge on any atom is -0.342 e. The van der Waals surface area contributed by atoms with Crippen molar-refractivity contribution in [2.24, 2.45) is 11.8 Å². The average molecular weight is 339 g/mol. The minimum absolute atomic E-state index is 0.0155. The zero-order valence-corrected chi connectivity index (χ0v) is 14.0. The summed E-state index contributed by atoms with van der Waals surface area (Å²) in [5, 5.41) is 11.1. The first-order valence-electron chi connectivity index (χ1n) is 8.77. The largest absolute Gasteiger partial charge is 0.342 e. The highest BCUT2D eigenvalue weighted by Gasteiger charge is 2.36. The van der Waals surface area contributed by atoms with Crippen LogP contribution in [-0.4, -0.2) is 44.8 Å². The van der Waals surface area contributed by atoms with E-state index in [-0.39, 0.29) is 23.7 Å². The Bertz CT molecular complexity index is 752. The zero-order valence-electron chi connectivity index (χ0n) is 14.0. The van der Waals surface area contributed by atoms with Gasteiger partial charge in [0.05, 0.1) is 24.0 Å². The molecule has 1 aromatic heterocycles. The molecule has 1 unspecified atom stereocenters. The molecular weight excluding hydrogens is 318 g/mol. The second-order valence-electron chi connectivity index (χ2n) is 6.75. The Morgan fingerprint density at radius 3 is 2.40 bits per heavy atom. The smallest absolute Gasteiger partial charge is 0.229 e. The van der Waals surface area contributed by atoms with Crippen LogP contribution in [0.5, 0.6) is 0 Å². The lowest BCUT2D eigenvalue weighted by Gasteiger charge is -2.32. The van der Waals surface area contributed by atoms with Crippen molar-refractivity contribution in [1.29, 1.82) is 0 Å². The van der Waals surface area contributed by atoms with Gasteiger partial charge in [0.25, 0.3) is 0 Å². The highest BCUT2D eigenvalue weighted by atomic mass is 16.2. The standard InChI is InChI=1S/C18H21N5O2/c24-17(14-2-1-11-22(12-14)18(25)13-3-4-13)21-15-5-7-16(8-6-15)23-19-9-10-20-23/h5-10,13-14H,1-4,11-12H2,(H,21,24). The number of aromatic nitrogens is 3. The normalized spacial score (nSPS) is 20.3. The van der Waals surface area contributed by atoms with Gasteiger partial charge in [-0.25, -0.2) is 0 Å². The van der Waals surface area contributed by atoms with Gasteiger partial charge in [-0.15, -0.1) is 0 Å². The van der Waals surface area contributed by atoms with Crippen LogP contribution >= 0.6 is 0 Å². The van der Waals surface area contributed by atoms with Crippen LogP contribution in [0, 0.1) is 11.8 Å². The van der Waals surface area contributed by atoms with Gasteiger partial charge < -0.3 is 10.2 Å². The van der Waals surface area contributed by atoms with Crippen molar-refractivity contribution in [3.63, 3.8) is 0 Å². The molecule has 4 rings (SSSR count). The lowest BCUT2D eigenvalue weighted by atomic mass is 9.96. The molecule has 2 fully saturated rings. The molecule has 1 saturated heterocycles. The molecule has 0 spiro atoms. The van der Waals surface area contributed by atoms with E-state index < -0.39 is 0 Å². The van der Waals surface area contributed by atoms with E-state index in [0.717, 1.165) is 43.6 Å². The third kappa shape index (κ3) is 3.55. The van der Waals surface area contributed by atoms with Crippen LogP contribution < -0.4 is 5.32 Å². The maximum absolute atomic E-state index is 12.6. The summed E-state index contributed by atoms with van der Waals surface area (Å²) in [6, 6.07) is 7.40. The Hall–Kier alpha value is -2.70. The first-order chi connectivity index (χ1) is 12.2. The molecule has 1 aliphatic heterocycles. The van der Waals surface area contributed by atoms with Crippen LogP contribution in [0.3, 0.4) is 0 Å². The predicted molar refractivity (Wildman–Crippen MR) is 92.0 cm³/mol. The third-order valence-electron chi connectivity index (χ3n) is 4.81. The summed E-state index contributed by atoms with van der Waals surface area (Å²) >= 11 is 0. The number of carbonyl (C=O) groups is 2. The fourth-order valence-corrected chi connectivity index (χ4v) is 3.25. The quantitative estimate of drug-likeness (QED) is 0.922. The predicted octanol–water partition coefficient (Wildman–Crippen LogP) is 1.85. The van der Waals surface area contributed by atoms with E-state index in [1.807, 2.05) is 29.2 Å². The average Bonchev–Trinajstić information content (AvgIpc) is 3.36. The van der Waals surface area contributed by atoms with Gasteiger partial charge in [0.1, 0.15) is 0 Å². The second-order valence-corrected chi connectivity index (χ2v) is 6.75. The monoisotopic (exact) mass is 339 g/mol. The van der Waals surface area contributed by atoms with Crippen LogP contribution in [0.2, 0.25) is 0 Å². The fourth-order valence-electron chi connectivity index (χ4n) is 3.25. The molecule has 1 aliphatic carbocycles. The Morgan fingerprint density at radius 2 is 1.72 bits per heavy atom. The molecule has 25 heavy (non-hydrogen) atoms. The van der Waals surface area contributed by atoms with Gasteiger partial charge in [-0.2, -0.15) is 15.0 Å². The van der Waals surface area contributed by atoms with Crippen LogP contribution in [-0.2, 0) is 9.59 Å². The molecule has 1 N–H and O–H groups in total. The number of carbonyl (C=O) groups excluding carboxylic acids is 2. The lowest BCUT2D eigenvalue weighted by Crippen LogP contribution is -2.44. The Labute approximate surface area is 146 Å². The SMILES string of the molecule is O=C(Nc1ccc(-n2nccn2)cc1)C1CCCN(C(=O)C2CC2)C1. The topological polar surface area (TPSA) is 80.1 Å². The highest BCUT2D eigenvalue weighted by molar-refractivity contribution is 5.93. The van der Waals surface area contributed by atoms with E-state index in [9.17, 15) is 9.59 Å². The van der Waals surface area contributed by atoms with Gasteiger partial charge in [0.2, 0.25) is 11.8 Å². The van der Waals surface area contributed by atoms with Gasteiger partial charge in [-0.1, -0.05) is 0 Å². The third-order valence-corrected chi connectivity index (χ3v) is 4.81. The summed E-state index contributed by atoms with van der Waals surface area (Å²) in [4.78, 5) is 28.2. The number of anilines is 1. The molecule has 0 bridgehead atoms. The highest BCUT2D eigenvalue weighted by Crippen LogP contribution is 2.32. The molecule has 2 heterocycles. The molecule has 0 radical (unpaired) electrons. The van der Waals surface area contributed by atoms with Crippen LogP contribution in [0.15, 0.2) is 36.7 Å². The van der Waals surface area contributed by atoms with Crippen LogP contribution in [0.1, 0.15) is 25.7 Å². The van der Waals surface area contributed by atoms with E-state index in [0.29, 0.717) is 6.54 Å². The van der Waals surface area contributed by atoms with Crippen molar-refractivity contribution in [2.75, 3.05) is 18.4 Å². The summed E-state index contributed by atoms with van der Waals surface area (Å²) in [5.74, 6) is 0.293. The summed E-state index contributed by atoms with van der Waals surface area (Å²) in [6.07, 6.45) is 6.96. The first kappa shape index (κ1) is 15.8. The van der Waals surface area contributed by atoms with Crippen molar-refractivity contribution < 1.29 is 9.59 Å². The van der Waals surface area contributed by atoms with Gasteiger partial charge in [0, 0.05) is 24.7 Å². The Kier molecular flexibility index (Phi) is 4.21. The molecule has 1 atom stereocenters. The van der Waals surface area contributed by atoms with E-state index in [1.54, 1.807) is 12.4 Å². The number of hydrogen-bond acceptors (Lipinski definition) is 4. The molecule has 2 aliphatic rings. The number of hydrogen-bond donors (Lipinski definition) is 1. The number of nitrogens with zero attached hydrogens (tertiary/aromatic N) is 4. The maximum atomic E-state index is 12.6. The molecular formula is C18H21N5O2.